The number of aromatic nitrogens is 4. The molecule has 1 saturated carbocycles. The molecule has 1 aliphatic carbocycles. The van der Waals surface area contributed by atoms with Crippen molar-refractivity contribution in [1.29, 1.82) is 0 Å². The number of aliphatic hydroxyl groups is 3. The second-order valence-corrected chi connectivity index (χ2v) is 8.71. The van der Waals surface area contributed by atoms with Crippen molar-refractivity contribution >= 4 is 17.0 Å². The average molecular weight is 440 g/mol. The van der Waals surface area contributed by atoms with Gasteiger partial charge in [0, 0.05) is 0 Å². The summed E-state index contributed by atoms with van der Waals surface area (Å²) in [4.78, 5) is 13.4. The highest BCUT2D eigenvalue weighted by atomic mass is 16.6. The molecule has 2 aromatic heterocycles. The fourth-order valence-electron chi connectivity index (χ4n) is 5.00. The highest BCUT2D eigenvalue weighted by Crippen LogP contribution is 2.38. The summed E-state index contributed by atoms with van der Waals surface area (Å²) in [6, 6.07) is 10.5. The zero-order valence-electron chi connectivity index (χ0n) is 17.8. The van der Waals surface area contributed by atoms with Gasteiger partial charge < -0.3 is 25.4 Å². The van der Waals surface area contributed by atoms with Gasteiger partial charge in [-0.05, 0) is 24.3 Å². The van der Waals surface area contributed by atoms with E-state index in [2.05, 4.69) is 44.5 Å². The molecule has 1 saturated heterocycles. The number of ether oxygens (including phenoxy) is 1. The van der Waals surface area contributed by atoms with E-state index >= 15 is 0 Å². The van der Waals surface area contributed by atoms with Crippen LogP contribution in [0, 0.1) is 5.92 Å². The molecular formula is C23H29N5O4. The van der Waals surface area contributed by atoms with Crippen LogP contribution in [0.3, 0.4) is 0 Å². The van der Waals surface area contributed by atoms with Crippen LogP contribution in [-0.4, -0.2) is 59.8 Å². The Bertz CT molecular complexity index is 1040. The van der Waals surface area contributed by atoms with Crippen molar-refractivity contribution in [2.24, 2.45) is 5.92 Å². The van der Waals surface area contributed by atoms with E-state index in [-0.39, 0.29) is 12.6 Å². The zero-order valence-corrected chi connectivity index (χ0v) is 17.8. The van der Waals surface area contributed by atoms with Crippen molar-refractivity contribution in [2.45, 2.75) is 62.7 Å². The number of hydrogen-bond donors (Lipinski definition) is 4. The van der Waals surface area contributed by atoms with Crippen LogP contribution in [0.25, 0.3) is 11.2 Å². The highest BCUT2D eigenvalue weighted by Gasteiger charge is 2.44. The number of nitrogens with zero attached hydrogens (tertiary/aromatic N) is 4. The third kappa shape index (κ3) is 3.86. The van der Waals surface area contributed by atoms with Crippen LogP contribution in [-0.2, 0) is 4.74 Å². The summed E-state index contributed by atoms with van der Waals surface area (Å²) < 4.78 is 7.25. The smallest absolute Gasteiger partial charge is 0.167 e. The number of anilines is 1. The van der Waals surface area contributed by atoms with E-state index in [0.29, 0.717) is 22.9 Å². The van der Waals surface area contributed by atoms with Crippen molar-refractivity contribution in [3.8, 4) is 0 Å². The molecule has 32 heavy (non-hydrogen) atoms. The topological polar surface area (TPSA) is 126 Å². The predicted molar refractivity (Wildman–Crippen MR) is 118 cm³/mol. The minimum Gasteiger partial charge on any atom is -0.394 e. The van der Waals surface area contributed by atoms with Crippen molar-refractivity contribution in [3.05, 3.63) is 48.5 Å². The molecule has 3 heterocycles. The predicted octanol–water partition coefficient (Wildman–Crippen LogP) is 2.17. The molecule has 9 heteroatoms. The maximum atomic E-state index is 10.4. The van der Waals surface area contributed by atoms with Gasteiger partial charge in [-0.1, -0.05) is 49.6 Å². The van der Waals surface area contributed by atoms with Gasteiger partial charge in [0.2, 0.25) is 0 Å². The maximum absolute atomic E-state index is 10.4. The monoisotopic (exact) mass is 439 g/mol. The Hall–Kier alpha value is -2.59. The molecule has 4 N–H and O–H groups in total. The minimum atomic E-state index is -1.20. The lowest BCUT2D eigenvalue weighted by Gasteiger charge is -2.31. The Labute approximate surface area is 186 Å². The maximum Gasteiger partial charge on any atom is 0.167 e. The van der Waals surface area contributed by atoms with E-state index < -0.39 is 24.5 Å². The molecule has 9 nitrogen and oxygen atoms in total. The van der Waals surface area contributed by atoms with E-state index in [1.807, 2.05) is 6.07 Å². The Morgan fingerprint density at radius 2 is 1.81 bits per heavy atom. The Morgan fingerprint density at radius 1 is 1.03 bits per heavy atom. The fourth-order valence-corrected chi connectivity index (χ4v) is 5.00. The van der Waals surface area contributed by atoms with E-state index in [9.17, 15) is 15.3 Å². The lowest BCUT2D eigenvalue weighted by molar-refractivity contribution is -0.0511. The van der Waals surface area contributed by atoms with Gasteiger partial charge >= 0.3 is 0 Å². The van der Waals surface area contributed by atoms with Gasteiger partial charge in [0.05, 0.1) is 19.0 Å². The molecule has 1 aliphatic heterocycles. The summed E-state index contributed by atoms with van der Waals surface area (Å²) in [5.41, 5.74) is 2.28. The standard InChI is InChI=1S/C23H29N5O4/c29-11-16-19(30)20(31)23(32-16)28-13-26-18-21(24-12-25-22(18)28)27-17(14-7-3-1-4-8-14)15-9-5-2-6-10-15/h1,3-4,7-8,12-13,15-17,19-20,23,29-31H,2,5-6,9-11H2,(H,24,25,27)/t16-,17?,19?,20+,23-/m1/s1. The second kappa shape index (κ2) is 9.11. The number of aliphatic hydroxyl groups excluding tert-OH is 3. The van der Waals surface area contributed by atoms with Crippen LogP contribution in [0.5, 0.6) is 0 Å². The summed E-state index contributed by atoms with van der Waals surface area (Å²) in [5.74, 6) is 1.12. The molecule has 2 fully saturated rings. The van der Waals surface area contributed by atoms with Gasteiger partial charge in [-0.25, -0.2) is 15.0 Å². The number of imidazole rings is 1. The third-order valence-corrected chi connectivity index (χ3v) is 6.72. The summed E-state index contributed by atoms with van der Waals surface area (Å²) in [6.45, 7) is -0.386. The van der Waals surface area contributed by atoms with Gasteiger partial charge in [-0.15, -0.1) is 0 Å². The molecule has 0 bridgehead atoms. The van der Waals surface area contributed by atoms with Crippen molar-refractivity contribution in [2.75, 3.05) is 11.9 Å². The Balaban J connectivity index is 1.48. The first-order chi connectivity index (χ1) is 15.7. The van der Waals surface area contributed by atoms with Gasteiger partial charge in [-0.2, -0.15) is 0 Å². The average Bonchev–Trinajstić information content (AvgIpc) is 3.40. The molecular weight excluding hydrogens is 410 g/mol. The van der Waals surface area contributed by atoms with Gasteiger partial charge in [-0.3, -0.25) is 4.57 Å². The normalized spacial score (nSPS) is 27.6. The van der Waals surface area contributed by atoms with Crippen molar-refractivity contribution in [1.82, 2.24) is 19.5 Å². The second-order valence-electron chi connectivity index (χ2n) is 8.71. The molecule has 5 atom stereocenters. The summed E-state index contributed by atoms with van der Waals surface area (Å²) in [5, 5.41) is 33.6. The highest BCUT2D eigenvalue weighted by molar-refractivity contribution is 5.83. The number of hydrogen-bond acceptors (Lipinski definition) is 8. The van der Waals surface area contributed by atoms with Crippen LogP contribution >= 0.6 is 0 Å². The number of benzene rings is 1. The van der Waals surface area contributed by atoms with E-state index in [4.69, 9.17) is 4.74 Å². The van der Waals surface area contributed by atoms with Gasteiger partial charge in [0.25, 0.3) is 0 Å². The van der Waals surface area contributed by atoms with Crippen LogP contribution in [0.4, 0.5) is 5.82 Å². The van der Waals surface area contributed by atoms with Crippen LogP contribution < -0.4 is 5.32 Å². The molecule has 3 aromatic rings. The number of nitrogens with one attached hydrogen (secondary N) is 1. The van der Waals surface area contributed by atoms with E-state index in [1.165, 1.54) is 37.5 Å². The van der Waals surface area contributed by atoms with Crippen LogP contribution in [0.2, 0.25) is 0 Å². The lowest BCUT2D eigenvalue weighted by Crippen LogP contribution is -2.33. The molecule has 2 unspecified atom stereocenters. The molecule has 0 radical (unpaired) electrons. The van der Waals surface area contributed by atoms with Gasteiger partial charge in [0.1, 0.15) is 24.6 Å². The first kappa shape index (κ1) is 21.3. The zero-order chi connectivity index (χ0) is 22.1. The molecule has 0 spiro atoms. The number of rotatable bonds is 6. The quantitative estimate of drug-likeness (QED) is 0.460. The van der Waals surface area contributed by atoms with E-state index in [1.54, 1.807) is 4.57 Å². The Kier molecular flexibility index (Phi) is 6.05. The van der Waals surface area contributed by atoms with E-state index in [0.717, 1.165) is 12.8 Å². The third-order valence-electron chi connectivity index (χ3n) is 6.72. The van der Waals surface area contributed by atoms with Crippen molar-refractivity contribution in [3.63, 3.8) is 0 Å². The summed E-state index contributed by atoms with van der Waals surface area (Å²) >= 11 is 0. The Morgan fingerprint density at radius 3 is 2.53 bits per heavy atom. The van der Waals surface area contributed by atoms with Crippen molar-refractivity contribution < 1.29 is 20.1 Å². The number of fused-ring (bicyclic) bond motifs is 1. The summed E-state index contributed by atoms with van der Waals surface area (Å²) in [6.07, 6.45) is 4.93. The molecule has 1 aromatic carbocycles. The molecule has 0 amide bonds. The molecule has 2 aliphatic rings. The molecule has 5 rings (SSSR count). The minimum absolute atomic E-state index is 0.105. The first-order valence-corrected chi connectivity index (χ1v) is 11.3. The molecule has 170 valence electrons. The SMILES string of the molecule is OC[C@H]1O[C@@H](n2cnc3c(NC(c4ccccc4)C4CCCCC4)ncnc32)[C@@H](O)C1O. The van der Waals surface area contributed by atoms with Gasteiger partial charge in [0.15, 0.2) is 23.2 Å². The largest absolute Gasteiger partial charge is 0.394 e. The fraction of sp³-hybridized carbons (Fsp3) is 0.522. The summed E-state index contributed by atoms with van der Waals surface area (Å²) in [7, 11) is 0. The van der Waals surface area contributed by atoms with Crippen LogP contribution in [0.1, 0.15) is 49.9 Å². The van der Waals surface area contributed by atoms with Crippen LogP contribution in [0.15, 0.2) is 43.0 Å². The first-order valence-electron chi connectivity index (χ1n) is 11.3. The lowest BCUT2D eigenvalue weighted by atomic mass is 9.81.